The molecule has 0 unspecified atom stereocenters. The van der Waals surface area contributed by atoms with E-state index in [0.29, 0.717) is 35.1 Å². The Kier molecular flexibility index (Phi) is 7.79. The number of rotatable bonds is 10. The summed E-state index contributed by atoms with van der Waals surface area (Å²) in [5, 5.41) is 2.86. The van der Waals surface area contributed by atoms with Crippen molar-refractivity contribution in [1.82, 2.24) is 0 Å². The highest BCUT2D eigenvalue weighted by Gasteiger charge is 2.17. The van der Waals surface area contributed by atoms with Crippen LogP contribution in [0.5, 0.6) is 23.0 Å². The van der Waals surface area contributed by atoms with Crippen LogP contribution >= 0.6 is 0 Å². The van der Waals surface area contributed by atoms with Gasteiger partial charge in [-0.1, -0.05) is 19.8 Å². The Morgan fingerprint density at radius 3 is 2.07 bits per heavy atom. The van der Waals surface area contributed by atoms with Crippen molar-refractivity contribution in [2.45, 2.75) is 26.2 Å². The summed E-state index contributed by atoms with van der Waals surface area (Å²) >= 11 is 0. The van der Waals surface area contributed by atoms with Crippen LogP contribution in [0.4, 0.5) is 5.69 Å². The van der Waals surface area contributed by atoms with Crippen LogP contribution in [0.1, 0.15) is 36.5 Å². The van der Waals surface area contributed by atoms with Crippen molar-refractivity contribution < 1.29 is 23.7 Å². The zero-order chi connectivity index (χ0) is 19.6. The summed E-state index contributed by atoms with van der Waals surface area (Å²) in [4.78, 5) is 12.6. The number of carbonyl (C=O) groups excluding carboxylic acids is 1. The standard InChI is InChI=1S/C21H27NO5/c1-5-6-7-12-27-17-10-8-16(9-11-17)22-21(23)15-13-18(24-2)20(26-4)19(14-15)25-3/h8-11,13-14H,5-7,12H2,1-4H3,(H,22,23). The molecule has 0 atom stereocenters. The first kappa shape index (κ1) is 20.4. The van der Waals surface area contributed by atoms with Crippen LogP contribution in [0.3, 0.4) is 0 Å². The Hall–Kier alpha value is -2.89. The molecule has 0 heterocycles. The summed E-state index contributed by atoms with van der Waals surface area (Å²) in [6.07, 6.45) is 3.36. The number of amides is 1. The highest BCUT2D eigenvalue weighted by Crippen LogP contribution is 2.38. The molecule has 1 amide bonds. The third-order valence-electron chi connectivity index (χ3n) is 4.06. The quantitative estimate of drug-likeness (QED) is 0.620. The summed E-state index contributed by atoms with van der Waals surface area (Å²) in [7, 11) is 4.54. The fourth-order valence-corrected chi connectivity index (χ4v) is 2.59. The lowest BCUT2D eigenvalue weighted by Crippen LogP contribution is -2.12. The number of unbranched alkanes of at least 4 members (excludes halogenated alkanes) is 2. The minimum Gasteiger partial charge on any atom is -0.494 e. The molecule has 0 saturated heterocycles. The average Bonchev–Trinajstić information content (AvgIpc) is 2.71. The lowest BCUT2D eigenvalue weighted by Gasteiger charge is -2.14. The maximum atomic E-state index is 12.6. The number of hydrogen-bond donors (Lipinski definition) is 1. The van der Waals surface area contributed by atoms with Crippen molar-refractivity contribution in [3.05, 3.63) is 42.0 Å². The molecule has 0 aromatic heterocycles. The molecule has 0 aliphatic rings. The molecule has 2 aromatic carbocycles. The van der Waals surface area contributed by atoms with Gasteiger partial charge in [0.2, 0.25) is 5.75 Å². The van der Waals surface area contributed by atoms with E-state index in [1.165, 1.54) is 21.3 Å². The van der Waals surface area contributed by atoms with Gasteiger partial charge in [0.05, 0.1) is 27.9 Å². The van der Waals surface area contributed by atoms with E-state index >= 15 is 0 Å². The van der Waals surface area contributed by atoms with Gasteiger partial charge in [-0.25, -0.2) is 0 Å². The first-order valence-corrected chi connectivity index (χ1v) is 8.97. The van der Waals surface area contributed by atoms with Crippen LogP contribution < -0.4 is 24.3 Å². The van der Waals surface area contributed by atoms with Crippen molar-refractivity contribution in [1.29, 1.82) is 0 Å². The highest BCUT2D eigenvalue weighted by atomic mass is 16.5. The molecule has 0 aliphatic heterocycles. The minimum atomic E-state index is -0.272. The lowest BCUT2D eigenvalue weighted by molar-refractivity contribution is 0.102. The number of ether oxygens (including phenoxy) is 4. The summed E-state index contributed by atoms with van der Waals surface area (Å²) in [5.41, 5.74) is 1.08. The maximum Gasteiger partial charge on any atom is 0.255 e. The molecular weight excluding hydrogens is 346 g/mol. The van der Waals surface area contributed by atoms with E-state index in [0.717, 1.165) is 25.0 Å². The van der Waals surface area contributed by atoms with Gasteiger partial charge in [-0.05, 0) is 42.8 Å². The van der Waals surface area contributed by atoms with Gasteiger partial charge in [0.25, 0.3) is 5.91 Å². The van der Waals surface area contributed by atoms with E-state index in [1.807, 2.05) is 24.3 Å². The normalized spacial score (nSPS) is 10.2. The Bertz CT molecular complexity index is 718. The second-order valence-corrected chi connectivity index (χ2v) is 5.95. The summed E-state index contributed by atoms with van der Waals surface area (Å²) < 4.78 is 21.5. The highest BCUT2D eigenvalue weighted by molar-refractivity contribution is 6.05. The largest absolute Gasteiger partial charge is 0.494 e. The van der Waals surface area contributed by atoms with Crippen molar-refractivity contribution >= 4 is 11.6 Å². The lowest BCUT2D eigenvalue weighted by atomic mass is 10.1. The van der Waals surface area contributed by atoms with Gasteiger partial charge in [0, 0.05) is 11.3 Å². The second-order valence-electron chi connectivity index (χ2n) is 5.95. The molecule has 1 N–H and O–H groups in total. The van der Waals surface area contributed by atoms with Crippen LogP contribution in [-0.2, 0) is 0 Å². The van der Waals surface area contributed by atoms with Gasteiger partial charge in [-0.3, -0.25) is 4.79 Å². The summed E-state index contributed by atoms with van der Waals surface area (Å²) in [6, 6.07) is 10.5. The SMILES string of the molecule is CCCCCOc1ccc(NC(=O)c2cc(OC)c(OC)c(OC)c2)cc1. The first-order valence-electron chi connectivity index (χ1n) is 8.97. The van der Waals surface area contributed by atoms with Gasteiger partial charge >= 0.3 is 0 Å². The van der Waals surface area contributed by atoms with Gasteiger partial charge < -0.3 is 24.3 Å². The molecule has 6 heteroatoms. The van der Waals surface area contributed by atoms with E-state index in [2.05, 4.69) is 12.2 Å². The molecule has 2 aromatic rings. The van der Waals surface area contributed by atoms with Crippen LogP contribution in [0.2, 0.25) is 0 Å². The third kappa shape index (κ3) is 5.54. The Labute approximate surface area is 160 Å². The maximum absolute atomic E-state index is 12.6. The molecule has 27 heavy (non-hydrogen) atoms. The molecule has 0 fully saturated rings. The monoisotopic (exact) mass is 373 g/mol. The van der Waals surface area contributed by atoms with Gasteiger partial charge in [0.15, 0.2) is 11.5 Å². The topological polar surface area (TPSA) is 66.0 Å². The number of anilines is 1. The number of nitrogens with one attached hydrogen (secondary N) is 1. The number of methoxy groups -OCH3 is 3. The Morgan fingerprint density at radius 1 is 0.926 bits per heavy atom. The van der Waals surface area contributed by atoms with E-state index in [-0.39, 0.29) is 5.91 Å². The smallest absolute Gasteiger partial charge is 0.255 e. The van der Waals surface area contributed by atoms with E-state index in [1.54, 1.807) is 12.1 Å². The van der Waals surface area contributed by atoms with Crippen molar-refractivity contribution in [2.75, 3.05) is 33.3 Å². The van der Waals surface area contributed by atoms with Crippen LogP contribution in [0.15, 0.2) is 36.4 Å². The van der Waals surface area contributed by atoms with Crippen LogP contribution in [-0.4, -0.2) is 33.8 Å². The summed E-state index contributed by atoms with van der Waals surface area (Å²) in [5.74, 6) is 1.82. The van der Waals surface area contributed by atoms with Gasteiger partial charge in [-0.2, -0.15) is 0 Å². The first-order chi connectivity index (χ1) is 13.1. The minimum absolute atomic E-state index is 0.272. The molecule has 0 radical (unpaired) electrons. The molecule has 0 spiro atoms. The molecule has 2 rings (SSSR count). The number of hydrogen-bond acceptors (Lipinski definition) is 5. The fraction of sp³-hybridized carbons (Fsp3) is 0.381. The Balaban J connectivity index is 2.06. The number of carbonyl (C=O) groups is 1. The second kappa shape index (κ2) is 10.3. The van der Waals surface area contributed by atoms with Crippen LogP contribution in [0.25, 0.3) is 0 Å². The Morgan fingerprint density at radius 2 is 1.56 bits per heavy atom. The zero-order valence-corrected chi connectivity index (χ0v) is 16.3. The number of benzene rings is 2. The molecule has 146 valence electrons. The third-order valence-corrected chi connectivity index (χ3v) is 4.06. The van der Waals surface area contributed by atoms with Crippen molar-refractivity contribution in [3.8, 4) is 23.0 Å². The molecule has 0 bridgehead atoms. The van der Waals surface area contributed by atoms with Gasteiger partial charge in [0.1, 0.15) is 5.75 Å². The predicted octanol–water partition coefficient (Wildman–Crippen LogP) is 4.53. The molecule has 0 saturated carbocycles. The zero-order valence-electron chi connectivity index (χ0n) is 16.3. The fourth-order valence-electron chi connectivity index (χ4n) is 2.59. The average molecular weight is 373 g/mol. The van der Waals surface area contributed by atoms with Crippen LogP contribution in [0, 0.1) is 0 Å². The van der Waals surface area contributed by atoms with E-state index < -0.39 is 0 Å². The molecule has 6 nitrogen and oxygen atoms in total. The molecule has 0 aliphatic carbocycles. The van der Waals surface area contributed by atoms with E-state index in [9.17, 15) is 4.79 Å². The van der Waals surface area contributed by atoms with Crippen molar-refractivity contribution in [3.63, 3.8) is 0 Å². The molecular formula is C21H27NO5. The summed E-state index contributed by atoms with van der Waals surface area (Å²) in [6.45, 7) is 2.86. The van der Waals surface area contributed by atoms with E-state index in [4.69, 9.17) is 18.9 Å². The van der Waals surface area contributed by atoms with Gasteiger partial charge in [-0.15, -0.1) is 0 Å². The predicted molar refractivity (Wildman–Crippen MR) is 106 cm³/mol. The van der Waals surface area contributed by atoms with Crippen molar-refractivity contribution in [2.24, 2.45) is 0 Å².